The van der Waals surface area contributed by atoms with Gasteiger partial charge in [-0.15, -0.1) is 0 Å². The van der Waals surface area contributed by atoms with Crippen LogP contribution in [-0.2, 0) is 0 Å². The molecule has 0 N–H and O–H groups in total. The lowest BCUT2D eigenvalue weighted by Crippen LogP contribution is -1.93. The number of aromatic nitrogens is 2. The lowest BCUT2D eigenvalue weighted by atomic mass is 10.1. The normalized spacial score (nSPS) is 10.4. The van der Waals surface area contributed by atoms with Gasteiger partial charge in [-0.1, -0.05) is 12.1 Å². The highest BCUT2D eigenvalue weighted by Crippen LogP contribution is 2.29. The maximum absolute atomic E-state index is 9.08. The van der Waals surface area contributed by atoms with Gasteiger partial charge in [0.15, 0.2) is 0 Å². The summed E-state index contributed by atoms with van der Waals surface area (Å²) < 4.78 is 7.30. The van der Waals surface area contributed by atoms with Gasteiger partial charge < -0.3 is 9.14 Å². The summed E-state index contributed by atoms with van der Waals surface area (Å²) in [5.74, 6) is 0.786. The maximum Gasteiger partial charge on any atom is 0.137 e. The van der Waals surface area contributed by atoms with E-state index in [1.54, 1.807) is 13.2 Å². The van der Waals surface area contributed by atoms with Gasteiger partial charge >= 0.3 is 0 Å². The Kier molecular flexibility index (Phi) is 2.88. The van der Waals surface area contributed by atoms with Gasteiger partial charge in [-0.3, -0.25) is 0 Å². The van der Waals surface area contributed by atoms with Crippen molar-refractivity contribution in [1.82, 2.24) is 9.38 Å². The van der Waals surface area contributed by atoms with E-state index in [9.17, 15) is 0 Å². The average Bonchev–Trinajstić information content (AvgIpc) is 2.92. The third-order valence-corrected chi connectivity index (χ3v) is 3.39. The molecule has 0 aliphatic rings. The van der Waals surface area contributed by atoms with Crippen molar-refractivity contribution in [2.24, 2.45) is 0 Å². The van der Waals surface area contributed by atoms with E-state index < -0.39 is 0 Å². The van der Waals surface area contributed by atoms with Crippen LogP contribution >= 0.6 is 0 Å². The molecular formula is C16H13N3O. The number of aryl methyl sites for hydroxylation is 1. The summed E-state index contributed by atoms with van der Waals surface area (Å²) in [6, 6.07) is 13.6. The molecule has 0 bridgehead atoms. The zero-order valence-corrected chi connectivity index (χ0v) is 11.3. The number of hydrogen-bond acceptors (Lipinski definition) is 3. The first-order chi connectivity index (χ1) is 9.74. The molecule has 0 aliphatic heterocycles. The van der Waals surface area contributed by atoms with Gasteiger partial charge in [-0.25, -0.2) is 4.98 Å². The number of nitrogens with zero attached hydrogens (tertiary/aromatic N) is 3. The molecule has 0 saturated heterocycles. The second kappa shape index (κ2) is 4.71. The number of imidazole rings is 1. The molecule has 2 heterocycles. The Labute approximate surface area is 116 Å². The Morgan fingerprint density at radius 3 is 2.75 bits per heavy atom. The molecule has 98 valence electrons. The Hall–Kier alpha value is -2.80. The molecule has 0 atom stereocenters. The summed E-state index contributed by atoms with van der Waals surface area (Å²) in [4.78, 5) is 4.60. The summed E-state index contributed by atoms with van der Waals surface area (Å²) in [6.07, 6.45) is 1.93. The van der Waals surface area contributed by atoms with E-state index in [-0.39, 0.29) is 0 Å². The van der Waals surface area contributed by atoms with Gasteiger partial charge in [0.1, 0.15) is 17.5 Å². The van der Waals surface area contributed by atoms with Crippen LogP contribution in [0.4, 0.5) is 0 Å². The molecular weight excluding hydrogens is 250 g/mol. The lowest BCUT2D eigenvalue weighted by Gasteiger charge is -2.04. The van der Waals surface area contributed by atoms with Crippen LogP contribution in [0.5, 0.6) is 5.75 Å². The Morgan fingerprint density at radius 1 is 1.20 bits per heavy atom. The molecule has 1 aromatic carbocycles. The summed E-state index contributed by atoms with van der Waals surface area (Å²) in [5.41, 5.74) is 4.14. The van der Waals surface area contributed by atoms with Crippen LogP contribution in [0, 0.1) is 18.3 Å². The molecule has 0 saturated carbocycles. The first kappa shape index (κ1) is 12.2. The van der Waals surface area contributed by atoms with E-state index in [1.165, 1.54) is 0 Å². The van der Waals surface area contributed by atoms with Gasteiger partial charge in [0.2, 0.25) is 0 Å². The van der Waals surface area contributed by atoms with Crippen LogP contribution in [0.1, 0.15) is 11.3 Å². The Bertz CT molecular complexity index is 827. The van der Waals surface area contributed by atoms with Crippen LogP contribution in [0.3, 0.4) is 0 Å². The fourth-order valence-corrected chi connectivity index (χ4v) is 2.29. The molecule has 4 heteroatoms. The van der Waals surface area contributed by atoms with E-state index in [0.29, 0.717) is 5.56 Å². The second-order valence-corrected chi connectivity index (χ2v) is 4.50. The highest BCUT2D eigenvalue weighted by molar-refractivity contribution is 5.69. The van der Waals surface area contributed by atoms with Crippen LogP contribution < -0.4 is 4.74 Å². The molecule has 2 aromatic heterocycles. The van der Waals surface area contributed by atoms with Crippen LogP contribution in [-0.4, -0.2) is 16.5 Å². The predicted molar refractivity (Wildman–Crippen MR) is 76.6 cm³/mol. The molecule has 3 rings (SSSR count). The quantitative estimate of drug-likeness (QED) is 0.713. The van der Waals surface area contributed by atoms with Crippen molar-refractivity contribution in [2.75, 3.05) is 7.11 Å². The largest absolute Gasteiger partial charge is 0.496 e. The van der Waals surface area contributed by atoms with Gasteiger partial charge in [-0.2, -0.15) is 5.26 Å². The van der Waals surface area contributed by atoms with Gasteiger partial charge in [-0.05, 0) is 31.2 Å². The van der Waals surface area contributed by atoms with E-state index in [4.69, 9.17) is 10.00 Å². The first-order valence-corrected chi connectivity index (χ1v) is 6.27. The van der Waals surface area contributed by atoms with Gasteiger partial charge in [0.05, 0.1) is 18.4 Å². The molecule has 0 unspecified atom stereocenters. The lowest BCUT2D eigenvalue weighted by molar-refractivity contribution is 0.416. The second-order valence-electron chi connectivity index (χ2n) is 4.50. The number of hydrogen-bond donors (Lipinski definition) is 0. The SMILES string of the molecule is COc1ccccc1-c1cn2c(C)c(C#N)ccc2n1. The van der Waals surface area contributed by atoms with Crippen molar-refractivity contribution < 1.29 is 4.74 Å². The monoisotopic (exact) mass is 263 g/mol. The maximum atomic E-state index is 9.08. The molecule has 3 aromatic rings. The number of methoxy groups -OCH3 is 1. The van der Waals surface area contributed by atoms with Crippen molar-refractivity contribution in [3.8, 4) is 23.1 Å². The number of nitriles is 1. The first-order valence-electron chi connectivity index (χ1n) is 6.27. The summed E-state index contributed by atoms with van der Waals surface area (Å²) in [6.45, 7) is 1.92. The van der Waals surface area contributed by atoms with Crippen molar-refractivity contribution in [2.45, 2.75) is 6.92 Å². The predicted octanol–water partition coefficient (Wildman–Crippen LogP) is 3.19. The van der Waals surface area contributed by atoms with E-state index in [1.807, 2.05) is 47.9 Å². The number of pyridine rings is 1. The number of rotatable bonds is 2. The van der Waals surface area contributed by atoms with Gasteiger partial charge in [0.25, 0.3) is 0 Å². The van der Waals surface area contributed by atoms with Crippen molar-refractivity contribution in [3.63, 3.8) is 0 Å². The molecule has 0 spiro atoms. The average molecular weight is 263 g/mol. The fourth-order valence-electron chi connectivity index (χ4n) is 2.29. The number of para-hydroxylation sites is 1. The fraction of sp³-hybridized carbons (Fsp3) is 0.125. The van der Waals surface area contributed by atoms with E-state index in [0.717, 1.165) is 28.3 Å². The number of benzene rings is 1. The third kappa shape index (κ3) is 1.81. The third-order valence-electron chi connectivity index (χ3n) is 3.39. The minimum absolute atomic E-state index is 0.654. The number of fused-ring (bicyclic) bond motifs is 1. The molecule has 0 fully saturated rings. The van der Waals surface area contributed by atoms with Crippen LogP contribution in [0.15, 0.2) is 42.6 Å². The van der Waals surface area contributed by atoms with Crippen LogP contribution in [0.2, 0.25) is 0 Å². The highest BCUT2D eigenvalue weighted by atomic mass is 16.5. The Balaban J connectivity index is 2.24. The molecule has 0 amide bonds. The summed E-state index contributed by atoms with van der Waals surface area (Å²) in [7, 11) is 1.65. The highest BCUT2D eigenvalue weighted by Gasteiger charge is 2.11. The zero-order valence-electron chi connectivity index (χ0n) is 11.3. The van der Waals surface area contributed by atoms with E-state index >= 15 is 0 Å². The molecule has 20 heavy (non-hydrogen) atoms. The minimum Gasteiger partial charge on any atom is -0.496 e. The summed E-state index contributed by atoms with van der Waals surface area (Å²) >= 11 is 0. The van der Waals surface area contributed by atoms with Crippen molar-refractivity contribution in [3.05, 3.63) is 53.9 Å². The molecule has 0 radical (unpaired) electrons. The summed E-state index contributed by atoms with van der Waals surface area (Å²) in [5, 5.41) is 9.08. The standard InChI is InChI=1S/C16H13N3O/c1-11-12(9-17)7-8-16-18-14(10-19(11)16)13-5-3-4-6-15(13)20-2/h3-8,10H,1-2H3. The van der Waals surface area contributed by atoms with Crippen molar-refractivity contribution in [1.29, 1.82) is 5.26 Å². The zero-order chi connectivity index (χ0) is 14.1. The van der Waals surface area contributed by atoms with Gasteiger partial charge in [0, 0.05) is 17.5 Å². The minimum atomic E-state index is 0.654. The smallest absolute Gasteiger partial charge is 0.137 e. The number of ether oxygens (including phenoxy) is 1. The molecule has 4 nitrogen and oxygen atoms in total. The van der Waals surface area contributed by atoms with Crippen molar-refractivity contribution >= 4 is 5.65 Å². The van der Waals surface area contributed by atoms with Crippen LogP contribution in [0.25, 0.3) is 16.9 Å². The topological polar surface area (TPSA) is 50.3 Å². The van der Waals surface area contributed by atoms with E-state index in [2.05, 4.69) is 11.1 Å². The Morgan fingerprint density at radius 2 is 2.00 bits per heavy atom. The molecule has 0 aliphatic carbocycles.